The van der Waals surface area contributed by atoms with Gasteiger partial charge in [-0.1, -0.05) is 24.3 Å². The highest BCUT2D eigenvalue weighted by atomic mass is 16.6. The van der Waals surface area contributed by atoms with E-state index in [-0.39, 0.29) is 17.7 Å². The highest BCUT2D eigenvalue weighted by molar-refractivity contribution is 5.77. The van der Waals surface area contributed by atoms with Crippen LogP contribution in [0.4, 0.5) is 4.79 Å². The number of nitrogens with zero attached hydrogens (tertiary/aromatic N) is 3. The highest BCUT2D eigenvalue weighted by Crippen LogP contribution is 2.30. The SMILES string of the molecule is O=C(NCC1COc2ccccc2O1)N1CCN(Cc2nc3ccccc3c(=O)[nH]2)CC1. The number of carbonyl (C=O) groups is 1. The first-order valence-corrected chi connectivity index (χ1v) is 10.8. The lowest BCUT2D eigenvalue weighted by atomic mass is 10.2. The molecule has 2 aliphatic rings. The summed E-state index contributed by atoms with van der Waals surface area (Å²) < 4.78 is 11.6. The van der Waals surface area contributed by atoms with Crippen molar-refractivity contribution in [3.05, 3.63) is 64.7 Å². The molecule has 0 radical (unpaired) electrons. The number of hydrogen-bond donors (Lipinski definition) is 2. The van der Waals surface area contributed by atoms with E-state index in [1.807, 2.05) is 42.5 Å². The van der Waals surface area contributed by atoms with E-state index in [2.05, 4.69) is 20.2 Å². The van der Waals surface area contributed by atoms with Crippen molar-refractivity contribution in [1.82, 2.24) is 25.1 Å². The van der Waals surface area contributed by atoms with Gasteiger partial charge in [0.1, 0.15) is 12.4 Å². The molecule has 32 heavy (non-hydrogen) atoms. The van der Waals surface area contributed by atoms with E-state index in [9.17, 15) is 9.59 Å². The van der Waals surface area contributed by atoms with E-state index in [4.69, 9.17) is 9.47 Å². The van der Waals surface area contributed by atoms with Gasteiger partial charge in [0.2, 0.25) is 0 Å². The molecule has 0 spiro atoms. The summed E-state index contributed by atoms with van der Waals surface area (Å²) in [4.78, 5) is 36.3. The third-order valence-corrected chi connectivity index (χ3v) is 5.74. The zero-order chi connectivity index (χ0) is 21.9. The summed E-state index contributed by atoms with van der Waals surface area (Å²) in [7, 11) is 0. The number of piperazine rings is 1. The lowest BCUT2D eigenvalue weighted by molar-refractivity contribution is 0.0876. The van der Waals surface area contributed by atoms with Gasteiger partial charge in [-0.2, -0.15) is 0 Å². The molecule has 9 heteroatoms. The molecule has 0 aliphatic carbocycles. The van der Waals surface area contributed by atoms with Crippen LogP contribution < -0.4 is 20.3 Å². The minimum atomic E-state index is -0.217. The Morgan fingerprint density at radius 1 is 1.06 bits per heavy atom. The standard InChI is InChI=1S/C23H25N5O4/c29-22-17-5-1-2-6-18(17)25-21(26-22)14-27-9-11-28(12-10-27)23(30)24-13-16-15-31-19-7-3-4-8-20(19)32-16/h1-8,16H,9-15H2,(H,24,30)(H,25,26,29). The Bertz CT molecular complexity index is 1170. The molecule has 1 unspecified atom stereocenters. The number of aromatic amines is 1. The number of fused-ring (bicyclic) bond motifs is 2. The third kappa shape index (κ3) is 4.38. The minimum absolute atomic E-state index is 0.107. The van der Waals surface area contributed by atoms with Crippen LogP contribution in [0.25, 0.3) is 10.9 Å². The van der Waals surface area contributed by atoms with Crippen molar-refractivity contribution in [2.75, 3.05) is 39.3 Å². The fourth-order valence-electron chi connectivity index (χ4n) is 4.01. The predicted molar refractivity (Wildman–Crippen MR) is 119 cm³/mol. The highest BCUT2D eigenvalue weighted by Gasteiger charge is 2.25. The molecule has 1 atom stereocenters. The van der Waals surface area contributed by atoms with Crippen LogP contribution in [0, 0.1) is 0 Å². The number of benzene rings is 2. The van der Waals surface area contributed by atoms with Gasteiger partial charge in [-0.15, -0.1) is 0 Å². The molecular weight excluding hydrogens is 410 g/mol. The summed E-state index contributed by atoms with van der Waals surface area (Å²) in [5.41, 5.74) is 0.570. The van der Waals surface area contributed by atoms with Crippen molar-refractivity contribution < 1.29 is 14.3 Å². The number of nitrogens with one attached hydrogen (secondary N) is 2. The van der Waals surface area contributed by atoms with Crippen molar-refractivity contribution in [2.45, 2.75) is 12.6 Å². The first-order chi connectivity index (χ1) is 15.7. The summed E-state index contributed by atoms with van der Waals surface area (Å²) in [6.07, 6.45) is -0.217. The molecule has 2 aliphatic heterocycles. The first-order valence-electron chi connectivity index (χ1n) is 10.8. The fourth-order valence-corrected chi connectivity index (χ4v) is 4.01. The topological polar surface area (TPSA) is 99.8 Å². The van der Waals surface area contributed by atoms with Gasteiger partial charge >= 0.3 is 6.03 Å². The summed E-state index contributed by atoms with van der Waals surface area (Å²) in [5, 5.41) is 3.54. The van der Waals surface area contributed by atoms with E-state index < -0.39 is 0 Å². The Morgan fingerprint density at radius 2 is 1.81 bits per heavy atom. The Kier molecular flexibility index (Phi) is 5.64. The van der Waals surface area contributed by atoms with Gasteiger partial charge in [-0.05, 0) is 24.3 Å². The number of ether oxygens (including phenoxy) is 2. The molecular formula is C23H25N5O4. The Balaban J connectivity index is 1.10. The average molecular weight is 435 g/mol. The van der Waals surface area contributed by atoms with Gasteiger partial charge in [0.05, 0.1) is 24.0 Å². The number of rotatable bonds is 4. The van der Waals surface area contributed by atoms with Gasteiger partial charge in [0, 0.05) is 26.2 Å². The second-order valence-corrected chi connectivity index (χ2v) is 7.98. The van der Waals surface area contributed by atoms with Crippen molar-refractivity contribution in [3.63, 3.8) is 0 Å². The lowest BCUT2D eigenvalue weighted by Crippen LogP contribution is -2.53. The molecule has 2 N–H and O–H groups in total. The van der Waals surface area contributed by atoms with Crippen LogP contribution in [0.3, 0.4) is 0 Å². The van der Waals surface area contributed by atoms with Crippen molar-refractivity contribution >= 4 is 16.9 Å². The molecule has 2 aromatic carbocycles. The fraction of sp³-hybridized carbons (Fsp3) is 0.348. The molecule has 1 fully saturated rings. The largest absolute Gasteiger partial charge is 0.486 e. The predicted octanol–water partition coefficient (Wildman–Crippen LogP) is 1.59. The van der Waals surface area contributed by atoms with Gasteiger partial charge in [0.15, 0.2) is 17.6 Å². The number of para-hydroxylation sites is 3. The number of carbonyl (C=O) groups excluding carboxylic acids is 1. The monoisotopic (exact) mass is 435 g/mol. The molecule has 3 heterocycles. The van der Waals surface area contributed by atoms with Crippen LogP contribution >= 0.6 is 0 Å². The van der Waals surface area contributed by atoms with Crippen molar-refractivity contribution in [1.29, 1.82) is 0 Å². The van der Waals surface area contributed by atoms with Crippen molar-refractivity contribution in [2.24, 2.45) is 0 Å². The summed E-state index contributed by atoms with van der Waals surface area (Å²) in [5.74, 6) is 2.07. The van der Waals surface area contributed by atoms with E-state index in [0.29, 0.717) is 68.4 Å². The maximum atomic E-state index is 12.6. The Labute approximate surface area is 185 Å². The molecule has 1 aromatic heterocycles. The maximum absolute atomic E-state index is 12.6. The Hall–Kier alpha value is -3.59. The molecule has 5 rings (SSSR count). The number of urea groups is 1. The van der Waals surface area contributed by atoms with Crippen LogP contribution in [0.1, 0.15) is 5.82 Å². The molecule has 3 aromatic rings. The smallest absolute Gasteiger partial charge is 0.317 e. The molecule has 0 saturated carbocycles. The maximum Gasteiger partial charge on any atom is 0.317 e. The summed E-state index contributed by atoms with van der Waals surface area (Å²) in [6.45, 7) is 3.96. The van der Waals surface area contributed by atoms with Crippen LogP contribution in [-0.2, 0) is 6.54 Å². The Morgan fingerprint density at radius 3 is 2.66 bits per heavy atom. The van der Waals surface area contributed by atoms with E-state index in [1.54, 1.807) is 11.0 Å². The lowest BCUT2D eigenvalue weighted by Gasteiger charge is -2.35. The molecule has 0 bridgehead atoms. The van der Waals surface area contributed by atoms with E-state index in [0.717, 1.165) is 5.75 Å². The second-order valence-electron chi connectivity index (χ2n) is 7.98. The van der Waals surface area contributed by atoms with Gasteiger partial charge in [-0.3, -0.25) is 9.69 Å². The number of hydrogen-bond acceptors (Lipinski definition) is 6. The molecule has 166 valence electrons. The minimum Gasteiger partial charge on any atom is -0.486 e. The van der Waals surface area contributed by atoms with Gasteiger partial charge in [0.25, 0.3) is 5.56 Å². The average Bonchev–Trinajstić information content (AvgIpc) is 2.83. The van der Waals surface area contributed by atoms with E-state index in [1.165, 1.54) is 0 Å². The van der Waals surface area contributed by atoms with Crippen LogP contribution in [-0.4, -0.2) is 71.2 Å². The van der Waals surface area contributed by atoms with Crippen LogP contribution in [0.5, 0.6) is 11.5 Å². The molecule has 1 saturated heterocycles. The van der Waals surface area contributed by atoms with E-state index >= 15 is 0 Å². The van der Waals surface area contributed by atoms with Crippen molar-refractivity contribution in [3.8, 4) is 11.5 Å². The number of H-pyrrole nitrogens is 1. The molecule has 2 amide bonds. The molecule has 9 nitrogen and oxygen atoms in total. The van der Waals surface area contributed by atoms with Crippen LogP contribution in [0.2, 0.25) is 0 Å². The number of aromatic nitrogens is 2. The normalized spacial score (nSPS) is 18.5. The first kappa shape index (κ1) is 20.3. The zero-order valence-electron chi connectivity index (χ0n) is 17.6. The van der Waals surface area contributed by atoms with Gasteiger partial charge in [-0.25, -0.2) is 9.78 Å². The third-order valence-electron chi connectivity index (χ3n) is 5.74. The second kappa shape index (κ2) is 8.88. The summed E-state index contributed by atoms with van der Waals surface area (Å²) in [6, 6.07) is 14.7. The quantitative estimate of drug-likeness (QED) is 0.646. The van der Waals surface area contributed by atoms with Gasteiger partial charge < -0.3 is 24.7 Å². The number of amides is 2. The summed E-state index contributed by atoms with van der Waals surface area (Å²) >= 11 is 0. The zero-order valence-corrected chi connectivity index (χ0v) is 17.6. The van der Waals surface area contributed by atoms with Crippen LogP contribution in [0.15, 0.2) is 53.3 Å².